The minimum atomic E-state index is -0.433. The first-order chi connectivity index (χ1) is 11.1. The van der Waals surface area contributed by atoms with E-state index in [1.165, 1.54) is 18.6 Å². The standard InChI is InChI=1S/C15H18N6O2/c1-9-12(19-14(22)11-8-16-6-7-17-11)13(21-20-9)15(23)18-10-4-2-3-5-10/h6-8,10H,2-5H2,1H3,(H,18,23)(H,19,22)(H,20,21). The van der Waals surface area contributed by atoms with Crippen LogP contribution >= 0.6 is 0 Å². The Bertz CT molecular complexity index is 706. The first-order valence-electron chi connectivity index (χ1n) is 7.58. The number of aromatic nitrogens is 4. The highest BCUT2D eigenvalue weighted by atomic mass is 16.2. The van der Waals surface area contributed by atoms with Gasteiger partial charge in [-0.05, 0) is 19.8 Å². The molecular formula is C15H18N6O2. The van der Waals surface area contributed by atoms with Crippen molar-refractivity contribution in [2.45, 2.75) is 38.6 Å². The Morgan fingerprint density at radius 2 is 2.00 bits per heavy atom. The van der Waals surface area contributed by atoms with Crippen molar-refractivity contribution in [3.05, 3.63) is 35.7 Å². The Hall–Kier alpha value is -2.77. The number of nitrogens with zero attached hydrogens (tertiary/aromatic N) is 3. The molecule has 23 heavy (non-hydrogen) atoms. The van der Waals surface area contributed by atoms with Gasteiger partial charge < -0.3 is 10.6 Å². The Labute approximate surface area is 133 Å². The highest BCUT2D eigenvalue weighted by Crippen LogP contribution is 2.21. The molecule has 0 bridgehead atoms. The monoisotopic (exact) mass is 314 g/mol. The van der Waals surface area contributed by atoms with Crippen molar-refractivity contribution in [3.63, 3.8) is 0 Å². The van der Waals surface area contributed by atoms with Gasteiger partial charge in [0.25, 0.3) is 11.8 Å². The van der Waals surface area contributed by atoms with Crippen LogP contribution in [0.15, 0.2) is 18.6 Å². The molecule has 0 radical (unpaired) electrons. The lowest BCUT2D eigenvalue weighted by Crippen LogP contribution is -2.33. The summed E-state index contributed by atoms with van der Waals surface area (Å²) in [4.78, 5) is 32.4. The third kappa shape index (κ3) is 3.36. The molecule has 120 valence electrons. The van der Waals surface area contributed by atoms with Crippen molar-refractivity contribution in [1.29, 1.82) is 0 Å². The summed E-state index contributed by atoms with van der Waals surface area (Å²) >= 11 is 0. The predicted molar refractivity (Wildman–Crippen MR) is 83.0 cm³/mol. The number of H-pyrrole nitrogens is 1. The largest absolute Gasteiger partial charge is 0.348 e. The van der Waals surface area contributed by atoms with E-state index in [0.717, 1.165) is 25.7 Å². The van der Waals surface area contributed by atoms with E-state index < -0.39 is 5.91 Å². The zero-order valence-corrected chi connectivity index (χ0v) is 12.8. The maximum absolute atomic E-state index is 12.4. The maximum atomic E-state index is 12.4. The molecule has 8 heteroatoms. The van der Waals surface area contributed by atoms with Crippen LogP contribution in [0.1, 0.15) is 52.4 Å². The fraction of sp³-hybridized carbons (Fsp3) is 0.400. The number of nitrogens with one attached hydrogen (secondary N) is 3. The second kappa shape index (κ2) is 6.55. The summed E-state index contributed by atoms with van der Waals surface area (Å²) in [5.74, 6) is -0.715. The topological polar surface area (TPSA) is 113 Å². The Kier molecular flexibility index (Phi) is 4.31. The van der Waals surface area contributed by atoms with Gasteiger partial charge in [-0.2, -0.15) is 5.10 Å². The Balaban J connectivity index is 1.75. The smallest absolute Gasteiger partial charge is 0.275 e. The van der Waals surface area contributed by atoms with Gasteiger partial charge in [0.15, 0.2) is 5.69 Å². The molecule has 0 saturated heterocycles. The molecule has 0 aromatic carbocycles. The lowest BCUT2D eigenvalue weighted by Gasteiger charge is -2.11. The minimum absolute atomic E-state index is 0.176. The molecule has 1 aliphatic carbocycles. The molecule has 2 heterocycles. The number of amides is 2. The number of rotatable bonds is 4. The number of carbonyl (C=O) groups excluding carboxylic acids is 2. The van der Waals surface area contributed by atoms with Crippen molar-refractivity contribution in [1.82, 2.24) is 25.5 Å². The Morgan fingerprint density at radius 1 is 1.22 bits per heavy atom. The molecule has 1 aliphatic rings. The molecule has 3 rings (SSSR count). The molecule has 0 aliphatic heterocycles. The van der Waals surface area contributed by atoms with Crippen molar-refractivity contribution >= 4 is 17.5 Å². The number of carbonyl (C=O) groups is 2. The highest BCUT2D eigenvalue weighted by Gasteiger charge is 2.24. The average Bonchev–Trinajstić information content (AvgIpc) is 3.19. The van der Waals surface area contributed by atoms with Gasteiger partial charge in [0, 0.05) is 18.4 Å². The van der Waals surface area contributed by atoms with Crippen LogP contribution in [0.25, 0.3) is 0 Å². The molecule has 2 aromatic heterocycles. The second-order valence-corrected chi connectivity index (χ2v) is 5.57. The summed E-state index contributed by atoms with van der Waals surface area (Å²) in [7, 11) is 0. The third-order valence-corrected chi connectivity index (χ3v) is 3.89. The Morgan fingerprint density at radius 3 is 2.70 bits per heavy atom. The van der Waals surface area contributed by atoms with E-state index >= 15 is 0 Å². The van der Waals surface area contributed by atoms with E-state index in [0.29, 0.717) is 11.4 Å². The minimum Gasteiger partial charge on any atom is -0.348 e. The lowest BCUT2D eigenvalue weighted by atomic mass is 10.2. The van der Waals surface area contributed by atoms with Crippen LogP contribution in [0.2, 0.25) is 0 Å². The normalized spacial score (nSPS) is 14.7. The second-order valence-electron chi connectivity index (χ2n) is 5.57. The van der Waals surface area contributed by atoms with Crippen LogP contribution in [0, 0.1) is 6.92 Å². The van der Waals surface area contributed by atoms with Crippen molar-refractivity contribution < 1.29 is 9.59 Å². The number of aryl methyl sites for hydroxylation is 1. The summed E-state index contributed by atoms with van der Waals surface area (Å²) in [6, 6.07) is 0.183. The molecule has 1 fully saturated rings. The van der Waals surface area contributed by atoms with E-state index in [4.69, 9.17) is 0 Å². The quantitative estimate of drug-likeness (QED) is 0.790. The van der Waals surface area contributed by atoms with Crippen LogP contribution < -0.4 is 10.6 Å². The fourth-order valence-electron chi connectivity index (χ4n) is 2.66. The van der Waals surface area contributed by atoms with Gasteiger partial charge in [0.1, 0.15) is 5.69 Å². The van der Waals surface area contributed by atoms with Crippen LogP contribution in [-0.2, 0) is 0 Å². The van der Waals surface area contributed by atoms with E-state index in [1.54, 1.807) is 6.92 Å². The highest BCUT2D eigenvalue weighted by molar-refractivity contribution is 6.07. The third-order valence-electron chi connectivity index (χ3n) is 3.89. The zero-order chi connectivity index (χ0) is 16.2. The molecule has 0 spiro atoms. The van der Waals surface area contributed by atoms with E-state index in [1.807, 2.05) is 0 Å². The molecule has 2 amide bonds. The van der Waals surface area contributed by atoms with Gasteiger partial charge in [-0.3, -0.25) is 19.7 Å². The molecule has 0 unspecified atom stereocenters. The SMILES string of the molecule is Cc1[nH]nc(C(=O)NC2CCCC2)c1NC(=O)c1cnccn1. The summed E-state index contributed by atoms with van der Waals surface area (Å²) < 4.78 is 0. The van der Waals surface area contributed by atoms with Crippen molar-refractivity contribution in [2.24, 2.45) is 0 Å². The summed E-state index contributed by atoms with van der Waals surface area (Å²) in [6.07, 6.45) is 8.50. The molecule has 1 saturated carbocycles. The average molecular weight is 314 g/mol. The molecule has 2 aromatic rings. The number of anilines is 1. The van der Waals surface area contributed by atoms with Crippen molar-refractivity contribution in [2.75, 3.05) is 5.32 Å². The van der Waals surface area contributed by atoms with Gasteiger partial charge in [-0.25, -0.2) is 4.98 Å². The van der Waals surface area contributed by atoms with Gasteiger partial charge in [-0.15, -0.1) is 0 Å². The molecule has 3 N–H and O–H groups in total. The number of hydrogen-bond acceptors (Lipinski definition) is 5. The zero-order valence-electron chi connectivity index (χ0n) is 12.8. The maximum Gasteiger partial charge on any atom is 0.275 e. The summed E-state index contributed by atoms with van der Waals surface area (Å²) in [6.45, 7) is 1.74. The number of aromatic amines is 1. The predicted octanol–water partition coefficient (Wildman–Crippen LogP) is 1.43. The van der Waals surface area contributed by atoms with E-state index in [-0.39, 0.29) is 23.3 Å². The van der Waals surface area contributed by atoms with Crippen LogP contribution in [-0.4, -0.2) is 38.0 Å². The molecule has 0 atom stereocenters. The molecule has 8 nitrogen and oxygen atoms in total. The first-order valence-corrected chi connectivity index (χ1v) is 7.58. The first kappa shape index (κ1) is 15.1. The summed E-state index contributed by atoms with van der Waals surface area (Å²) in [5.41, 5.74) is 1.34. The van der Waals surface area contributed by atoms with Gasteiger partial charge in [0.05, 0.1) is 17.6 Å². The number of hydrogen-bond donors (Lipinski definition) is 3. The molecular weight excluding hydrogens is 296 g/mol. The van der Waals surface area contributed by atoms with Gasteiger partial charge in [-0.1, -0.05) is 12.8 Å². The van der Waals surface area contributed by atoms with Crippen LogP contribution in [0.3, 0.4) is 0 Å². The lowest BCUT2D eigenvalue weighted by molar-refractivity contribution is 0.0933. The van der Waals surface area contributed by atoms with Gasteiger partial charge >= 0.3 is 0 Å². The van der Waals surface area contributed by atoms with Crippen molar-refractivity contribution in [3.8, 4) is 0 Å². The van der Waals surface area contributed by atoms with Crippen LogP contribution in [0.4, 0.5) is 5.69 Å². The summed E-state index contributed by atoms with van der Waals surface area (Å²) in [5, 5.41) is 12.4. The fourth-order valence-corrected chi connectivity index (χ4v) is 2.66. The van der Waals surface area contributed by atoms with E-state index in [9.17, 15) is 9.59 Å². The van der Waals surface area contributed by atoms with Crippen LogP contribution in [0.5, 0.6) is 0 Å². The van der Waals surface area contributed by atoms with E-state index in [2.05, 4.69) is 30.8 Å². The van der Waals surface area contributed by atoms with Gasteiger partial charge in [0.2, 0.25) is 0 Å².